The predicted octanol–water partition coefficient (Wildman–Crippen LogP) is 3.45. The minimum Gasteiger partial charge on any atom is -0.308 e. The number of alkyl halides is 2. The predicted molar refractivity (Wildman–Crippen MR) is 64.1 cm³/mol. The molecule has 0 spiro atoms. The Bertz CT molecular complexity index is 255. The van der Waals surface area contributed by atoms with Gasteiger partial charge in [-0.1, -0.05) is 0 Å². The lowest BCUT2D eigenvalue weighted by Crippen LogP contribution is -2.55. The summed E-state index contributed by atoms with van der Waals surface area (Å²) in [6.45, 7) is 2.00. The Labute approximate surface area is 102 Å². The van der Waals surface area contributed by atoms with Crippen molar-refractivity contribution in [3.63, 3.8) is 0 Å². The second kappa shape index (κ2) is 4.18. The van der Waals surface area contributed by atoms with E-state index in [1.54, 1.807) is 0 Å². The summed E-state index contributed by atoms with van der Waals surface area (Å²) in [5.74, 6) is 2.70. The Morgan fingerprint density at radius 3 is 1.94 bits per heavy atom. The van der Waals surface area contributed by atoms with Crippen LogP contribution in [-0.4, -0.2) is 19.0 Å². The molecule has 4 aliphatic rings. The SMILES string of the molecule is CC(NCC(F)F)C12CC3CC(CC(C3)C1)C2. The summed E-state index contributed by atoms with van der Waals surface area (Å²) in [5, 5.41) is 3.09. The highest BCUT2D eigenvalue weighted by Gasteiger charge is 2.52. The highest BCUT2D eigenvalue weighted by atomic mass is 19.3. The molecule has 98 valence electrons. The van der Waals surface area contributed by atoms with Gasteiger partial charge in [-0.2, -0.15) is 0 Å². The molecule has 4 aliphatic carbocycles. The molecule has 0 radical (unpaired) electrons. The second-order valence-corrected chi connectivity index (χ2v) is 6.80. The van der Waals surface area contributed by atoms with Gasteiger partial charge in [-0.25, -0.2) is 8.78 Å². The molecular formula is C14H23F2N. The third-order valence-corrected chi connectivity index (χ3v) is 5.58. The molecule has 1 nitrogen and oxygen atoms in total. The van der Waals surface area contributed by atoms with Crippen LogP contribution in [0.15, 0.2) is 0 Å². The van der Waals surface area contributed by atoms with Crippen LogP contribution in [0.3, 0.4) is 0 Å². The summed E-state index contributed by atoms with van der Waals surface area (Å²) >= 11 is 0. The summed E-state index contributed by atoms with van der Waals surface area (Å²) in [6, 6.07) is 0.268. The van der Waals surface area contributed by atoms with Gasteiger partial charge in [0, 0.05) is 6.04 Å². The minimum atomic E-state index is -2.22. The van der Waals surface area contributed by atoms with Gasteiger partial charge in [0.1, 0.15) is 0 Å². The molecule has 3 heteroatoms. The molecule has 4 rings (SSSR count). The van der Waals surface area contributed by atoms with E-state index < -0.39 is 6.43 Å². The van der Waals surface area contributed by atoms with E-state index >= 15 is 0 Å². The summed E-state index contributed by atoms with van der Waals surface area (Å²) in [7, 11) is 0. The molecule has 0 amide bonds. The average Bonchev–Trinajstić information content (AvgIpc) is 2.23. The van der Waals surface area contributed by atoms with Crippen molar-refractivity contribution in [3.05, 3.63) is 0 Å². The Kier molecular flexibility index (Phi) is 2.92. The number of halogens is 2. The molecule has 1 atom stereocenters. The molecule has 0 heterocycles. The molecule has 1 unspecified atom stereocenters. The van der Waals surface area contributed by atoms with Gasteiger partial charge in [-0.15, -0.1) is 0 Å². The second-order valence-electron chi connectivity index (χ2n) is 6.80. The fourth-order valence-corrected chi connectivity index (χ4v) is 5.19. The first-order chi connectivity index (χ1) is 8.07. The molecule has 0 aromatic heterocycles. The lowest BCUT2D eigenvalue weighted by molar-refractivity contribution is -0.0720. The van der Waals surface area contributed by atoms with Crippen molar-refractivity contribution < 1.29 is 8.78 Å². The molecule has 0 aliphatic heterocycles. The zero-order valence-electron chi connectivity index (χ0n) is 10.6. The van der Waals surface area contributed by atoms with E-state index in [4.69, 9.17) is 0 Å². The van der Waals surface area contributed by atoms with Crippen LogP contribution in [0.4, 0.5) is 8.78 Å². The first-order valence-electron chi connectivity index (χ1n) is 7.09. The Morgan fingerprint density at radius 1 is 1.06 bits per heavy atom. The number of hydrogen-bond donors (Lipinski definition) is 1. The van der Waals surface area contributed by atoms with Crippen LogP contribution in [0.25, 0.3) is 0 Å². The van der Waals surface area contributed by atoms with Crippen LogP contribution in [-0.2, 0) is 0 Å². The lowest BCUT2D eigenvalue weighted by Gasteiger charge is -2.59. The van der Waals surface area contributed by atoms with Crippen molar-refractivity contribution in [2.45, 2.75) is 57.9 Å². The summed E-state index contributed by atoms with van der Waals surface area (Å²) in [4.78, 5) is 0. The van der Waals surface area contributed by atoms with E-state index in [0.29, 0.717) is 5.41 Å². The Morgan fingerprint density at radius 2 is 1.53 bits per heavy atom. The Balaban J connectivity index is 1.68. The molecule has 0 saturated heterocycles. The van der Waals surface area contributed by atoms with E-state index in [2.05, 4.69) is 12.2 Å². The Hall–Kier alpha value is -0.180. The van der Waals surface area contributed by atoms with Gasteiger partial charge in [-0.3, -0.25) is 0 Å². The van der Waals surface area contributed by atoms with Gasteiger partial charge < -0.3 is 5.32 Å². The molecule has 4 bridgehead atoms. The third-order valence-electron chi connectivity index (χ3n) is 5.58. The van der Waals surface area contributed by atoms with Crippen molar-refractivity contribution in [3.8, 4) is 0 Å². The van der Waals surface area contributed by atoms with Crippen LogP contribution >= 0.6 is 0 Å². The normalized spacial score (nSPS) is 45.5. The van der Waals surface area contributed by atoms with Gasteiger partial charge in [0.2, 0.25) is 0 Å². The van der Waals surface area contributed by atoms with E-state index in [1.165, 1.54) is 38.5 Å². The third kappa shape index (κ3) is 2.11. The zero-order chi connectivity index (χ0) is 12.0. The lowest BCUT2D eigenvalue weighted by atomic mass is 9.48. The fraction of sp³-hybridized carbons (Fsp3) is 1.00. The van der Waals surface area contributed by atoms with E-state index in [-0.39, 0.29) is 12.6 Å². The van der Waals surface area contributed by atoms with Crippen LogP contribution in [0, 0.1) is 23.2 Å². The van der Waals surface area contributed by atoms with Gasteiger partial charge in [-0.05, 0) is 68.6 Å². The minimum absolute atomic E-state index is 0.136. The van der Waals surface area contributed by atoms with Crippen molar-refractivity contribution >= 4 is 0 Å². The highest BCUT2D eigenvalue weighted by Crippen LogP contribution is 2.61. The number of nitrogens with one attached hydrogen (secondary N) is 1. The molecule has 4 saturated carbocycles. The van der Waals surface area contributed by atoms with Gasteiger partial charge >= 0.3 is 0 Å². The monoisotopic (exact) mass is 243 g/mol. The largest absolute Gasteiger partial charge is 0.308 e. The first kappa shape index (κ1) is 11.9. The maximum absolute atomic E-state index is 12.3. The van der Waals surface area contributed by atoms with Crippen LogP contribution in [0.2, 0.25) is 0 Å². The van der Waals surface area contributed by atoms with Crippen molar-refractivity contribution in [1.82, 2.24) is 5.32 Å². The van der Waals surface area contributed by atoms with Crippen LogP contribution < -0.4 is 5.32 Å². The summed E-state index contributed by atoms with van der Waals surface area (Å²) in [5.41, 5.74) is 0.351. The molecule has 0 aromatic rings. The van der Waals surface area contributed by atoms with Gasteiger partial charge in [0.25, 0.3) is 6.43 Å². The van der Waals surface area contributed by atoms with Crippen molar-refractivity contribution in [1.29, 1.82) is 0 Å². The zero-order valence-corrected chi connectivity index (χ0v) is 10.6. The maximum atomic E-state index is 12.3. The topological polar surface area (TPSA) is 12.0 Å². The van der Waals surface area contributed by atoms with Gasteiger partial charge in [0.15, 0.2) is 0 Å². The standard InChI is InChI=1S/C14H23F2N/c1-9(17-8-13(15)16)14-5-10-2-11(6-14)4-12(3-10)7-14/h9-13,17H,2-8H2,1H3. The average molecular weight is 243 g/mol. The van der Waals surface area contributed by atoms with Crippen molar-refractivity contribution in [2.24, 2.45) is 23.2 Å². The quantitative estimate of drug-likeness (QED) is 0.797. The van der Waals surface area contributed by atoms with E-state index in [9.17, 15) is 8.78 Å². The molecule has 1 N–H and O–H groups in total. The highest BCUT2D eigenvalue weighted by molar-refractivity contribution is 5.05. The molecule has 0 aromatic carbocycles. The smallest absolute Gasteiger partial charge is 0.250 e. The van der Waals surface area contributed by atoms with Crippen molar-refractivity contribution in [2.75, 3.05) is 6.54 Å². The summed E-state index contributed by atoms with van der Waals surface area (Å²) < 4.78 is 24.6. The van der Waals surface area contributed by atoms with Crippen LogP contribution in [0.1, 0.15) is 45.4 Å². The molecular weight excluding hydrogens is 220 g/mol. The fourth-order valence-electron chi connectivity index (χ4n) is 5.19. The number of rotatable bonds is 4. The van der Waals surface area contributed by atoms with Crippen LogP contribution in [0.5, 0.6) is 0 Å². The van der Waals surface area contributed by atoms with Gasteiger partial charge in [0.05, 0.1) is 6.54 Å². The first-order valence-corrected chi connectivity index (χ1v) is 7.09. The maximum Gasteiger partial charge on any atom is 0.250 e. The van der Waals surface area contributed by atoms with E-state index in [0.717, 1.165) is 17.8 Å². The molecule has 17 heavy (non-hydrogen) atoms. The summed E-state index contributed by atoms with van der Waals surface area (Å²) in [6.07, 6.45) is 5.90. The molecule has 4 fully saturated rings. The number of hydrogen-bond acceptors (Lipinski definition) is 1. The van der Waals surface area contributed by atoms with E-state index in [1.807, 2.05) is 0 Å².